The minimum absolute atomic E-state index is 0.329. The highest BCUT2D eigenvalue weighted by molar-refractivity contribution is 9.10. The third-order valence-electron chi connectivity index (χ3n) is 3.15. The van der Waals surface area contributed by atoms with Crippen LogP contribution >= 0.6 is 43.5 Å². The molecule has 0 saturated carbocycles. The number of nitrogens with zero attached hydrogens (tertiary/aromatic N) is 2. The summed E-state index contributed by atoms with van der Waals surface area (Å²) < 4.78 is 17.7. The van der Waals surface area contributed by atoms with Gasteiger partial charge in [0.15, 0.2) is 0 Å². The lowest BCUT2D eigenvalue weighted by Crippen LogP contribution is -2.04. The zero-order valence-corrected chi connectivity index (χ0v) is 14.9. The maximum atomic E-state index is 14.3. The van der Waals surface area contributed by atoms with Crippen molar-refractivity contribution in [2.45, 2.75) is 12.3 Å². The van der Waals surface area contributed by atoms with Gasteiger partial charge in [0.05, 0.1) is 22.1 Å². The lowest BCUT2D eigenvalue weighted by atomic mass is 10.2. The predicted octanol–water partition coefficient (Wildman–Crippen LogP) is 5.99. The Hall–Kier alpha value is -0.910. The van der Waals surface area contributed by atoms with E-state index < -0.39 is 0 Å². The van der Waals surface area contributed by atoms with Gasteiger partial charge in [0, 0.05) is 8.95 Å². The van der Waals surface area contributed by atoms with Gasteiger partial charge >= 0.3 is 0 Å². The van der Waals surface area contributed by atoms with Gasteiger partial charge in [0.2, 0.25) is 0 Å². The molecule has 21 heavy (non-hydrogen) atoms. The first-order chi connectivity index (χ1) is 9.97. The lowest BCUT2D eigenvalue weighted by Gasteiger charge is -2.11. The summed E-state index contributed by atoms with van der Waals surface area (Å²) in [6.45, 7) is 1.82. The van der Waals surface area contributed by atoms with E-state index >= 15 is 0 Å². The highest BCUT2D eigenvalue weighted by Gasteiger charge is 2.18. The first kappa shape index (κ1) is 15.0. The number of benzene rings is 2. The molecular formula is C15H10Br2ClFN2. The summed E-state index contributed by atoms with van der Waals surface area (Å²) in [5.74, 6) is 0.288. The molecule has 108 valence electrons. The SMILES string of the molecule is CC(Cl)c1nc2cc(Br)ccc2n1-c1ccc(Br)cc1F. The number of alkyl halides is 1. The van der Waals surface area contributed by atoms with E-state index in [1.165, 1.54) is 6.07 Å². The second kappa shape index (κ2) is 5.71. The second-order valence-electron chi connectivity index (χ2n) is 4.65. The molecule has 2 aromatic carbocycles. The van der Waals surface area contributed by atoms with Crippen LogP contribution in [0.4, 0.5) is 4.39 Å². The molecule has 3 aromatic rings. The van der Waals surface area contributed by atoms with Crippen molar-refractivity contribution in [3.63, 3.8) is 0 Å². The molecule has 0 aliphatic rings. The van der Waals surface area contributed by atoms with Crippen LogP contribution < -0.4 is 0 Å². The van der Waals surface area contributed by atoms with Crippen molar-refractivity contribution in [2.24, 2.45) is 0 Å². The zero-order chi connectivity index (χ0) is 15.1. The van der Waals surface area contributed by atoms with Crippen molar-refractivity contribution < 1.29 is 4.39 Å². The van der Waals surface area contributed by atoms with Crippen molar-refractivity contribution in [3.05, 3.63) is 57.0 Å². The number of hydrogen-bond acceptors (Lipinski definition) is 1. The molecule has 6 heteroatoms. The Balaban J connectivity index is 2.36. The van der Waals surface area contributed by atoms with Gasteiger partial charge in [0.1, 0.15) is 11.6 Å². The third kappa shape index (κ3) is 2.74. The van der Waals surface area contributed by atoms with Gasteiger partial charge < -0.3 is 0 Å². The van der Waals surface area contributed by atoms with Crippen LogP contribution in [0.1, 0.15) is 18.1 Å². The van der Waals surface area contributed by atoms with Crippen molar-refractivity contribution in [1.82, 2.24) is 9.55 Å². The molecule has 0 radical (unpaired) electrons. The van der Waals surface area contributed by atoms with E-state index in [2.05, 4.69) is 36.8 Å². The fourth-order valence-corrected chi connectivity index (χ4v) is 3.08. The van der Waals surface area contributed by atoms with Gasteiger partial charge in [0.25, 0.3) is 0 Å². The van der Waals surface area contributed by atoms with Gasteiger partial charge in [-0.3, -0.25) is 4.57 Å². The minimum Gasteiger partial charge on any atom is -0.292 e. The Labute approximate surface area is 143 Å². The van der Waals surface area contributed by atoms with Crippen LogP contribution in [0, 0.1) is 5.82 Å². The van der Waals surface area contributed by atoms with Crippen LogP contribution in [0.3, 0.4) is 0 Å². The second-order valence-corrected chi connectivity index (χ2v) is 7.14. The summed E-state index contributed by atoms with van der Waals surface area (Å²) in [7, 11) is 0. The zero-order valence-electron chi connectivity index (χ0n) is 10.9. The highest BCUT2D eigenvalue weighted by atomic mass is 79.9. The Morgan fingerprint density at radius 1 is 1.14 bits per heavy atom. The standard InChI is InChI=1S/C15H10Br2ClFN2/c1-8(18)15-20-12-7-10(17)3-5-14(12)21(15)13-4-2-9(16)6-11(13)19/h2-8H,1H3. The molecule has 0 saturated heterocycles. The quantitative estimate of drug-likeness (QED) is 0.455. The largest absolute Gasteiger partial charge is 0.292 e. The van der Waals surface area contributed by atoms with Crippen LogP contribution in [-0.2, 0) is 0 Å². The van der Waals surface area contributed by atoms with Gasteiger partial charge in [-0.1, -0.05) is 31.9 Å². The molecule has 0 N–H and O–H groups in total. The highest BCUT2D eigenvalue weighted by Crippen LogP contribution is 2.31. The van der Waals surface area contributed by atoms with Crippen molar-refractivity contribution in [3.8, 4) is 5.69 Å². The van der Waals surface area contributed by atoms with Crippen LogP contribution in [0.2, 0.25) is 0 Å². The first-order valence-corrected chi connectivity index (χ1v) is 8.27. The topological polar surface area (TPSA) is 17.8 Å². The molecule has 0 fully saturated rings. The third-order valence-corrected chi connectivity index (χ3v) is 4.33. The Kier molecular flexibility index (Phi) is 4.08. The molecule has 0 aliphatic heterocycles. The van der Waals surface area contributed by atoms with Gasteiger partial charge in [-0.25, -0.2) is 9.37 Å². The molecule has 0 bridgehead atoms. The van der Waals surface area contributed by atoms with Gasteiger partial charge in [-0.05, 0) is 43.3 Å². The first-order valence-electron chi connectivity index (χ1n) is 6.25. The molecular weight excluding hydrogens is 422 g/mol. The summed E-state index contributed by atoms with van der Waals surface area (Å²) in [6.07, 6.45) is 0. The number of hydrogen-bond donors (Lipinski definition) is 0. The van der Waals surface area contributed by atoms with E-state index in [4.69, 9.17) is 11.6 Å². The maximum Gasteiger partial charge on any atom is 0.148 e. The van der Waals surface area contributed by atoms with Crippen molar-refractivity contribution in [1.29, 1.82) is 0 Å². The molecule has 1 heterocycles. The molecule has 0 amide bonds. The minimum atomic E-state index is -0.334. The van der Waals surface area contributed by atoms with E-state index in [1.807, 2.05) is 25.1 Å². The smallest absolute Gasteiger partial charge is 0.148 e. The predicted molar refractivity (Wildman–Crippen MR) is 90.7 cm³/mol. The number of imidazole rings is 1. The van der Waals surface area contributed by atoms with E-state index in [0.29, 0.717) is 16.0 Å². The van der Waals surface area contributed by atoms with E-state index in [0.717, 1.165) is 15.5 Å². The van der Waals surface area contributed by atoms with Crippen LogP contribution in [0.15, 0.2) is 45.3 Å². The normalized spacial score (nSPS) is 12.8. The van der Waals surface area contributed by atoms with Crippen molar-refractivity contribution >= 4 is 54.5 Å². The lowest BCUT2D eigenvalue weighted by molar-refractivity contribution is 0.615. The summed E-state index contributed by atoms with van der Waals surface area (Å²) in [5, 5.41) is -0.334. The van der Waals surface area contributed by atoms with E-state index in [9.17, 15) is 4.39 Å². The average Bonchev–Trinajstić information content (AvgIpc) is 2.77. The fraction of sp³-hybridized carbons (Fsp3) is 0.133. The molecule has 0 aliphatic carbocycles. The summed E-state index contributed by atoms with van der Waals surface area (Å²) >= 11 is 12.9. The molecule has 0 spiro atoms. The Bertz CT molecular complexity index is 830. The van der Waals surface area contributed by atoms with Gasteiger partial charge in [-0.15, -0.1) is 11.6 Å². The molecule has 3 rings (SSSR count). The van der Waals surface area contributed by atoms with Crippen molar-refractivity contribution in [2.75, 3.05) is 0 Å². The molecule has 1 unspecified atom stereocenters. The molecule has 1 atom stereocenters. The maximum absolute atomic E-state index is 14.3. The van der Waals surface area contributed by atoms with E-state index in [1.54, 1.807) is 16.7 Å². The summed E-state index contributed by atoms with van der Waals surface area (Å²) in [5.41, 5.74) is 2.03. The summed E-state index contributed by atoms with van der Waals surface area (Å²) in [4.78, 5) is 4.54. The Morgan fingerprint density at radius 2 is 1.81 bits per heavy atom. The van der Waals surface area contributed by atoms with Crippen LogP contribution in [0.25, 0.3) is 16.7 Å². The van der Waals surface area contributed by atoms with Crippen LogP contribution in [-0.4, -0.2) is 9.55 Å². The number of rotatable bonds is 2. The molecule has 2 nitrogen and oxygen atoms in total. The molecule has 1 aromatic heterocycles. The number of aromatic nitrogens is 2. The fourth-order valence-electron chi connectivity index (χ4n) is 2.25. The summed E-state index contributed by atoms with van der Waals surface area (Å²) in [6, 6.07) is 10.6. The average molecular weight is 433 g/mol. The number of fused-ring (bicyclic) bond motifs is 1. The Morgan fingerprint density at radius 3 is 2.48 bits per heavy atom. The van der Waals surface area contributed by atoms with E-state index in [-0.39, 0.29) is 11.2 Å². The number of halogens is 4. The monoisotopic (exact) mass is 430 g/mol. The van der Waals surface area contributed by atoms with Crippen LogP contribution in [0.5, 0.6) is 0 Å². The van der Waals surface area contributed by atoms with Gasteiger partial charge in [-0.2, -0.15) is 0 Å².